The molecule has 5 rings (SSSR count). The molecule has 0 bridgehead atoms. The van der Waals surface area contributed by atoms with Crippen LogP contribution in [0, 0.1) is 0 Å². The highest BCUT2D eigenvalue weighted by Crippen LogP contribution is 2.39. The third-order valence-electron chi connectivity index (χ3n) is 5.72. The maximum atomic E-state index is 12.8. The van der Waals surface area contributed by atoms with Crippen LogP contribution in [0.3, 0.4) is 0 Å². The summed E-state index contributed by atoms with van der Waals surface area (Å²) in [6, 6.07) is 10.9. The van der Waals surface area contributed by atoms with Crippen LogP contribution in [-0.2, 0) is 4.79 Å². The predicted octanol–water partition coefficient (Wildman–Crippen LogP) is 2.93. The Balaban J connectivity index is 1.18. The highest BCUT2D eigenvalue weighted by Gasteiger charge is 2.30. The molecule has 0 unspecified atom stereocenters. The Morgan fingerprint density at radius 1 is 1.03 bits per heavy atom. The Kier molecular flexibility index (Phi) is 5.30. The largest absolute Gasteiger partial charge is 0.353 e. The molecule has 32 heavy (non-hydrogen) atoms. The van der Waals surface area contributed by atoms with Crippen LogP contribution in [0.25, 0.3) is 11.4 Å². The molecule has 1 saturated carbocycles. The van der Waals surface area contributed by atoms with Crippen LogP contribution in [0.4, 0.5) is 11.5 Å². The van der Waals surface area contributed by atoms with E-state index in [0.717, 1.165) is 30.1 Å². The van der Waals surface area contributed by atoms with Gasteiger partial charge < -0.3 is 19.6 Å². The van der Waals surface area contributed by atoms with Crippen molar-refractivity contribution in [2.45, 2.75) is 25.7 Å². The van der Waals surface area contributed by atoms with Gasteiger partial charge in [0.2, 0.25) is 17.6 Å². The lowest BCUT2D eigenvalue weighted by atomic mass is 10.1. The molecule has 1 aromatic carbocycles. The van der Waals surface area contributed by atoms with Crippen LogP contribution in [-0.4, -0.2) is 58.0 Å². The van der Waals surface area contributed by atoms with Crippen molar-refractivity contribution in [2.24, 2.45) is 0 Å². The van der Waals surface area contributed by atoms with E-state index >= 15 is 0 Å². The predicted molar refractivity (Wildman–Crippen MR) is 118 cm³/mol. The average Bonchev–Trinajstić information content (AvgIpc) is 3.55. The Morgan fingerprint density at radius 3 is 2.41 bits per heavy atom. The molecular formula is C23H24N6O3. The van der Waals surface area contributed by atoms with Crippen LogP contribution in [0.15, 0.2) is 47.1 Å². The molecule has 0 atom stereocenters. The Morgan fingerprint density at radius 2 is 1.78 bits per heavy atom. The lowest BCUT2D eigenvalue weighted by Crippen LogP contribution is -2.49. The second-order valence-electron chi connectivity index (χ2n) is 8.17. The number of pyridine rings is 1. The lowest BCUT2D eigenvalue weighted by Gasteiger charge is -2.35. The molecule has 3 heterocycles. The second kappa shape index (κ2) is 8.41. The van der Waals surface area contributed by atoms with Crippen molar-refractivity contribution in [3.63, 3.8) is 0 Å². The van der Waals surface area contributed by atoms with Crippen molar-refractivity contribution in [2.75, 3.05) is 36.4 Å². The highest BCUT2D eigenvalue weighted by atomic mass is 16.5. The van der Waals surface area contributed by atoms with Crippen LogP contribution in [0.5, 0.6) is 0 Å². The summed E-state index contributed by atoms with van der Waals surface area (Å²) in [7, 11) is 0. The number of piperazine rings is 1. The van der Waals surface area contributed by atoms with Gasteiger partial charge in [-0.2, -0.15) is 4.98 Å². The molecule has 1 N–H and O–H groups in total. The maximum absolute atomic E-state index is 12.8. The molecule has 9 heteroatoms. The first-order chi connectivity index (χ1) is 15.6. The summed E-state index contributed by atoms with van der Waals surface area (Å²) in [6.45, 7) is 4.10. The zero-order chi connectivity index (χ0) is 22.1. The lowest BCUT2D eigenvalue weighted by molar-refractivity contribution is -0.114. The van der Waals surface area contributed by atoms with E-state index in [4.69, 9.17) is 4.52 Å². The van der Waals surface area contributed by atoms with Crippen LogP contribution < -0.4 is 10.2 Å². The SMILES string of the molecule is CC(=O)Nc1ccc(C(=O)N2CCN(c3ccc(-c4noc(C5CC5)n4)cn3)CC2)cc1. The van der Waals surface area contributed by atoms with Crippen molar-refractivity contribution in [1.29, 1.82) is 0 Å². The van der Waals surface area contributed by atoms with E-state index in [1.165, 1.54) is 6.92 Å². The summed E-state index contributed by atoms with van der Waals surface area (Å²) in [5.74, 6) is 2.44. The van der Waals surface area contributed by atoms with E-state index in [1.807, 2.05) is 17.0 Å². The van der Waals surface area contributed by atoms with Crippen molar-refractivity contribution in [3.8, 4) is 11.4 Å². The normalized spacial score (nSPS) is 16.2. The van der Waals surface area contributed by atoms with Crippen LogP contribution in [0.2, 0.25) is 0 Å². The number of benzene rings is 1. The molecule has 1 aliphatic heterocycles. The zero-order valence-corrected chi connectivity index (χ0v) is 17.8. The summed E-state index contributed by atoms with van der Waals surface area (Å²) >= 11 is 0. The molecule has 2 aliphatic rings. The third-order valence-corrected chi connectivity index (χ3v) is 5.72. The molecule has 1 aliphatic carbocycles. The molecule has 2 amide bonds. The summed E-state index contributed by atoms with van der Waals surface area (Å²) < 4.78 is 5.33. The van der Waals surface area contributed by atoms with E-state index in [2.05, 4.69) is 25.3 Å². The number of carbonyl (C=O) groups is 2. The highest BCUT2D eigenvalue weighted by molar-refractivity contribution is 5.95. The zero-order valence-electron chi connectivity index (χ0n) is 17.8. The maximum Gasteiger partial charge on any atom is 0.253 e. The van der Waals surface area contributed by atoms with E-state index in [9.17, 15) is 9.59 Å². The standard InChI is InChI=1S/C23H24N6O3/c1-15(30)25-19-7-4-17(5-8-19)23(31)29-12-10-28(11-13-29)20-9-6-18(14-24-20)21-26-22(32-27-21)16-2-3-16/h4-9,14,16H,2-3,10-13H2,1H3,(H,25,30). The first-order valence-electron chi connectivity index (χ1n) is 10.8. The van der Waals surface area contributed by atoms with Gasteiger partial charge in [0, 0.05) is 62.0 Å². The molecule has 2 aromatic heterocycles. The van der Waals surface area contributed by atoms with Crippen LogP contribution in [0.1, 0.15) is 41.9 Å². The van der Waals surface area contributed by atoms with Gasteiger partial charge in [-0.15, -0.1) is 0 Å². The quantitative estimate of drug-likeness (QED) is 0.661. The fraction of sp³-hybridized carbons (Fsp3) is 0.348. The van der Waals surface area contributed by atoms with E-state index < -0.39 is 0 Å². The topological polar surface area (TPSA) is 104 Å². The number of aromatic nitrogens is 3. The van der Waals surface area contributed by atoms with E-state index in [1.54, 1.807) is 30.5 Å². The smallest absolute Gasteiger partial charge is 0.253 e. The molecule has 9 nitrogen and oxygen atoms in total. The molecule has 0 spiro atoms. The Hall–Kier alpha value is -3.75. The van der Waals surface area contributed by atoms with Crippen molar-refractivity contribution < 1.29 is 14.1 Å². The first kappa shape index (κ1) is 20.2. The van der Waals surface area contributed by atoms with Gasteiger partial charge in [0.05, 0.1) is 0 Å². The van der Waals surface area contributed by atoms with Gasteiger partial charge in [0.15, 0.2) is 0 Å². The van der Waals surface area contributed by atoms with Gasteiger partial charge >= 0.3 is 0 Å². The van der Waals surface area contributed by atoms with Crippen molar-refractivity contribution >= 4 is 23.3 Å². The van der Waals surface area contributed by atoms with E-state index in [0.29, 0.717) is 49.2 Å². The number of nitrogens with zero attached hydrogens (tertiary/aromatic N) is 5. The summed E-state index contributed by atoms with van der Waals surface area (Å²) in [6.07, 6.45) is 4.01. The van der Waals surface area contributed by atoms with Crippen molar-refractivity contribution in [1.82, 2.24) is 20.0 Å². The van der Waals surface area contributed by atoms with Gasteiger partial charge in [-0.25, -0.2) is 4.98 Å². The van der Waals surface area contributed by atoms with E-state index in [-0.39, 0.29) is 11.8 Å². The third kappa shape index (κ3) is 4.32. The minimum absolute atomic E-state index is 0.00842. The first-order valence-corrected chi connectivity index (χ1v) is 10.8. The molecule has 0 radical (unpaired) electrons. The van der Waals surface area contributed by atoms with Gasteiger partial charge in [-0.05, 0) is 49.2 Å². The molecule has 1 saturated heterocycles. The number of carbonyl (C=O) groups excluding carboxylic acids is 2. The monoisotopic (exact) mass is 432 g/mol. The Labute approximate surface area is 185 Å². The molecule has 164 valence electrons. The summed E-state index contributed by atoms with van der Waals surface area (Å²) in [5.41, 5.74) is 2.12. The van der Waals surface area contributed by atoms with Crippen molar-refractivity contribution in [3.05, 3.63) is 54.0 Å². The molecule has 3 aromatic rings. The molecular weight excluding hydrogens is 408 g/mol. The summed E-state index contributed by atoms with van der Waals surface area (Å²) in [4.78, 5) is 37.0. The number of nitrogens with one attached hydrogen (secondary N) is 1. The van der Waals surface area contributed by atoms with Crippen LogP contribution >= 0.6 is 0 Å². The fourth-order valence-electron chi connectivity index (χ4n) is 3.77. The number of rotatable bonds is 5. The fourth-order valence-corrected chi connectivity index (χ4v) is 3.77. The number of anilines is 2. The number of hydrogen-bond acceptors (Lipinski definition) is 7. The minimum Gasteiger partial charge on any atom is -0.353 e. The van der Waals surface area contributed by atoms with Gasteiger partial charge in [0.25, 0.3) is 5.91 Å². The number of amides is 2. The minimum atomic E-state index is -0.137. The Bertz CT molecular complexity index is 1110. The van der Waals surface area contributed by atoms with Gasteiger partial charge in [-0.1, -0.05) is 5.16 Å². The summed E-state index contributed by atoms with van der Waals surface area (Å²) in [5, 5.41) is 6.77. The number of hydrogen-bond donors (Lipinski definition) is 1. The van der Waals surface area contributed by atoms with Gasteiger partial charge in [-0.3, -0.25) is 9.59 Å². The van der Waals surface area contributed by atoms with Gasteiger partial charge in [0.1, 0.15) is 5.82 Å². The second-order valence-corrected chi connectivity index (χ2v) is 8.17. The average molecular weight is 432 g/mol. The molecule has 2 fully saturated rings.